The van der Waals surface area contributed by atoms with Gasteiger partial charge in [-0.3, -0.25) is 9.59 Å². The Morgan fingerprint density at radius 1 is 1.09 bits per heavy atom. The average molecular weight is 306 g/mol. The fourth-order valence-electron chi connectivity index (χ4n) is 3.92. The number of hydrogen-bond acceptors (Lipinski definition) is 4. The number of ether oxygens (including phenoxy) is 2. The van der Waals surface area contributed by atoms with Crippen LogP contribution in [0.25, 0.3) is 0 Å². The Balaban J connectivity index is 2.38. The van der Waals surface area contributed by atoms with Crippen molar-refractivity contribution in [1.82, 2.24) is 0 Å². The molecule has 0 heterocycles. The minimum absolute atomic E-state index is 0.179. The fourth-order valence-corrected chi connectivity index (χ4v) is 3.92. The maximum atomic E-state index is 12.5. The fraction of sp³-hybridized carbons (Fsp3) is 0.667. The van der Waals surface area contributed by atoms with Gasteiger partial charge in [0.25, 0.3) is 0 Å². The van der Waals surface area contributed by atoms with Gasteiger partial charge in [-0.25, -0.2) is 0 Å². The highest BCUT2D eigenvalue weighted by molar-refractivity contribution is 6.00. The van der Waals surface area contributed by atoms with Crippen molar-refractivity contribution in [2.75, 3.05) is 13.2 Å². The molecule has 0 aliphatic heterocycles. The molecule has 2 aliphatic carbocycles. The molecular weight excluding hydrogens is 280 g/mol. The van der Waals surface area contributed by atoms with Crippen LogP contribution in [0, 0.1) is 17.3 Å². The second-order valence-corrected chi connectivity index (χ2v) is 6.50. The minimum Gasteiger partial charge on any atom is -0.465 e. The second kappa shape index (κ2) is 6.27. The minimum atomic E-state index is -1.16. The summed E-state index contributed by atoms with van der Waals surface area (Å²) in [6.45, 7) is 12.4. The van der Waals surface area contributed by atoms with Crippen LogP contribution in [0.1, 0.15) is 47.0 Å². The first-order valence-corrected chi connectivity index (χ1v) is 8.05. The summed E-state index contributed by atoms with van der Waals surface area (Å²) in [5.74, 6) is -0.488. The zero-order valence-electron chi connectivity index (χ0n) is 14.0. The van der Waals surface area contributed by atoms with E-state index in [9.17, 15) is 9.59 Å². The van der Waals surface area contributed by atoms with Gasteiger partial charge in [-0.1, -0.05) is 23.3 Å². The lowest BCUT2D eigenvalue weighted by Crippen LogP contribution is -2.40. The molecule has 0 aromatic heterocycles. The number of carbonyl (C=O) groups excluding carboxylic acids is 2. The molecule has 0 N–H and O–H groups in total. The Kier molecular flexibility index (Phi) is 4.78. The predicted octanol–water partition coefficient (Wildman–Crippen LogP) is 3.42. The van der Waals surface area contributed by atoms with Crippen molar-refractivity contribution in [3.63, 3.8) is 0 Å². The Morgan fingerprint density at radius 2 is 1.59 bits per heavy atom. The molecule has 4 heteroatoms. The highest BCUT2D eigenvalue weighted by atomic mass is 16.6. The van der Waals surface area contributed by atoms with Crippen molar-refractivity contribution < 1.29 is 19.1 Å². The van der Waals surface area contributed by atoms with Crippen LogP contribution in [0.15, 0.2) is 23.3 Å². The third-order valence-corrected chi connectivity index (χ3v) is 4.99. The largest absolute Gasteiger partial charge is 0.465 e. The second-order valence-electron chi connectivity index (χ2n) is 6.50. The topological polar surface area (TPSA) is 52.6 Å². The molecule has 0 aromatic carbocycles. The van der Waals surface area contributed by atoms with Gasteiger partial charge in [0.05, 0.1) is 13.2 Å². The summed E-state index contributed by atoms with van der Waals surface area (Å²) in [5, 5.41) is 0. The number of esters is 2. The molecule has 122 valence electrons. The zero-order chi connectivity index (χ0) is 16.5. The van der Waals surface area contributed by atoms with E-state index in [1.807, 2.05) is 0 Å². The summed E-state index contributed by atoms with van der Waals surface area (Å²) in [4.78, 5) is 25.1. The van der Waals surface area contributed by atoms with Gasteiger partial charge in [0.15, 0.2) is 5.41 Å². The lowest BCUT2D eigenvalue weighted by Gasteiger charge is -2.25. The Morgan fingerprint density at radius 3 is 2.05 bits per heavy atom. The normalized spacial score (nSPS) is 25.8. The van der Waals surface area contributed by atoms with Crippen molar-refractivity contribution in [2.24, 2.45) is 17.3 Å². The molecule has 0 amide bonds. The van der Waals surface area contributed by atoms with Gasteiger partial charge in [0.2, 0.25) is 0 Å². The first-order valence-electron chi connectivity index (χ1n) is 8.05. The molecule has 2 saturated carbocycles. The van der Waals surface area contributed by atoms with Crippen molar-refractivity contribution >= 4 is 11.9 Å². The molecule has 0 saturated heterocycles. The number of carbonyl (C=O) groups is 2. The van der Waals surface area contributed by atoms with E-state index in [0.29, 0.717) is 12.8 Å². The molecule has 0 spiro atoms. The van der Waals surface area contributed by atoms with Gasteiger partial charge >= 0.3 is 11.9 Å². The summed E-state index contributed by atoms with van der Waals surface area (Å²) in [6.07, 6.45) is 1.83. The molecule has 0 bridgehead atoms. The molecule has 22 heavy (non-hydrogen) atoms. The summed E-state index contributed by atoms with van der Waals surface area (Å²) >= 11 is 0. The molecule has 0 radical (unpaired) electrons. The molecule has 4 nitrogen and oxygen atoms in total. The molecule has 2 aliphatic rings. The zero-order valence-corrected chi connectivity index (χ0v) is 14.0. The lowest BCUT2D eigenvalue weighted by atomic mass is 9.82. The molecule has 2 fully saturated rings. The maximum absolute atomic E-state index is 12.5. The van der Waals surface area contributed by atoms with Crippen LogP contribution in [0.5, 0.6) is 0 Å². The van der Waals surface area contributed by atoms with Gasteiger partial charge in [-0.05, 0) is 58.8 Å². The van der Waals surface area contributed by atoms with Gasteiger partial charge in [0, 0.05) is 0 Å². The quantitative estimate of drug-likeness (QED) is 0.454. The Bertz CT molecular complexity index is 507. The molecule has 2 rings (SSSR count). The molecule has 2 atom stereocenters. The summed E-state index contributed by atoms with van der Waals surface area (Å²) < 4.78 is 10.4. The van der Waals surface area contributed by atoms with Crippen molar-refractivity contribution in [1.29, 1.82) is 0 Å². The van der Waals surface area contributed by atoms with Crippen LogP contribution in [-0.2, 0) is 19.1 Å². The predicted molar refractivity (Wildman–Crippen MR) is 84.0 cm³/mol. The first-order chi connectivity index (χ1) is 10.4. The van der Waals surface area contributed by atoms with E-state index in [-0.39, 0.29) is 25.0 Å². The molecule has 0 aromatic rings. The first kappa shape index (κ1) is 16.8. The third-order valence-electron chi connectivity index (χ3n) is 4.99. The standard InChI is InChI=1S/C18H26O4/c1-6-21-16(19)18(17(20)22-7-2)9-14-12(5)8-13(11(3)4)15(14)10-18/h14-15H,5-10H2,1-4H3/t14-,15+/m1/s1. The maximum Gasteiger partial charge on any atom is 0.323 e. The SMILES string of the molecule is C=C1CC(=C(C)C)[C@@H]2CC(C(=O)OCC)(C(=O)OCC)C[C@H]12. The van der Waals surface area contributed by atoms with E-state index in [4.69, 9.17) is 9.47 Å². The van der Waals surface area contributed by atoms with E-state index < -0.39 is 17.4 Å². The Hall–Kier alpha value is -1.58. The highest BCUT2D eigenvalue weighted by Crippen LogP contribution is 2.58. The van der Waals surface area contributed by atoms with Crippen LogP contribution < -0.4 is 0 Å². The number of fused-ring (bicyclic) bond motifs is 1. The number of allylic oxidation sites excluding steroid dienone is 3. The molecule has 0 unspecified atom stereocenters. The van der Waals surface area contributed by atoms with Crippen molar-refractivity contribution in [3.05, 3.63) is 23.3 Å². The summed E-state index contributed by atoms with van der Waals surface area (Å²) in [5.41, 5.74) is 2.55. The van der Waals surface area contributed by atoms with Crippen LogP contribution >= 0.6 is 0 Å². The average Bonchev–Trinajstić information content (AvgIpc) is 2.98. The third kappa shape index (κ3) is 2.59. The smallest absolute Gasteiger partial charge is 0.323 e. The van der Waals surface area contributed by atoms with Crippen LogP contribution in [0.3, 0.4) is 0 Å². The van der Waals surface area contributed by atoms with Crippen LogP contribution in [0.4, 0.5) is 0 Å². The van der Waals surface area contributed by atoms with E-state index in [1.54, 1.807) is 13.8 Å². The Labute approximate surface area is 132 Å². The van der Waals surface area contributed by atoms with Gasteiger partial charge in [0.1, 0.15) is 0 Å². The van der Waals surface area contributed by atoms with Gasteiger partial charge in [-0.2, -0.15) is 0 Å². The highest BCUT2D eigenvalue weighted by Gasteiger charge is 2.60. The van der Waals surface area contributed by atoms with Crippen LogP contribution in [-0.4, -0.2) is 25.2 Å². The van der Waals surface area contributed by atoms with Crippen molar-refractivity contribution in [2.45, 2.75) is 47.0 Å². The van der Waals surface area contributed by atoms with E-state index in [1.165, 1.54) is 11.1 Å². The van der Waals surface area contributed by atoms with Crippen molar-refractivity contribution in [3.8, 4) is 0 Å². The number of hydrogen-bond donors (Lipinski definition) is 0. The summed E-state index contributed by atoms with van der Waals surface area (Å²) in [6, 6.07) is 0. The van der Waals surface area contributed by atoms with E-state index in [0.717, 1.165) is 12.0 Å². The monoisotopic (exact) mass is 306 g/mol. The van der Waals surface area contributed by atoms with Crippen LogP contribution in [0.2, 0.25) is 0 Å². The summed E-state index contributed by atoms with van der Waals surface area (Å²) in [7, 11) is 0. The van der Waals surface area contributed by atoms with E-state index in [2.05, 4.69) is 20.4 Å². The number of rotatable bonds is 4. The van der Waals surface area contributed by atoms with Gasteiger partial charge in [-0.15, -0.1) is 0 Å². The van der Waals surface area contributed by atoms with Gasteiger partial charge < -0.3 is 9.47 Å². The van der Waals surface area contributed by atoms with E-state index >= 15 is 0 Å². The lowest BCUT2D eigenvalue weighted by molar-refractivity contribution is -0.172. The molecular formula is C18H26O4.